The quantitative estimate of drug-likeness (QED) is 0.421. The molecular formula is C30H33NO2. The Bertz CT molecular complexity index is 1220. The number of hydrogen-bond acceptors (Lipinski definition) is 3. The lowest BCUT2D eigenvalue weighted by Crippen LogP contribution is -2.37. The molecule has 0 aromatic heterocycles. The molecular weight excluding hydrogens is 406 g/mol. The van der Waals surface area contributed by atoms with E-state index in [2.05, 4.69) is 99.8 Å². The average Bonchev–Trinajstić information content (AvgIpc) is 2.80. The Hall–Kier alpha value is -3.17. The van der Waals surface area contributed by atoms with Gasteiger partial charge in [-0.25, -0.2) is 0 Å². The highest BCUT2D eigenvalue weighted by Gasteiger charge is 2.42. The molecule has 3 atom stereocenters. The number of esters is 1. The van der Waals surface area contributed by atoms with Gasteiger partial charge in [0, 0.05) is 19.5 Å². The van der Waals surface area contributed by atoms with Crippen molar-refractivity contribution in [3.63, 3.8) is 0 Å². The van der Waals surface area contributed by atoms with Crippen LogP contribution in [-0.2, 0) is 21.5 Å². The third-order valence-electron chi connectivity index (χ3n) is 6.98. The summed E-state index contributed by atoms with van der Waals surface area (Å²) in [6.45, 7) is 10.9. The van der Waals surface area contributed by atoms with Crippen molar-refractivity contribution in [2.75, 3.05) is 0 Å². The number of carbonyl (C=O) groups excluding carboxylic acids is 1. The Morgan fingerprint density at radius 3 is 2.48 bits per heavy atom. The highest BCUT2D eigenvalue weighted by molar-refractivity contribution is 5.88. The lowest BCUT2D eigenvalue weighted by atomic mass is 9.65. The van der Waals surface area contributed by atoms with Gasteiger partial charge >= 0.3 is 5.97 Å². The minimum absolute atomic E-state index is 0.160. The Labute approximate surface area is 197 Å². The number of allylic oxidation sites excluding steroid dienone is 4. The molecule has 0 radical (unpaired) electrons. The Kier molecular flexibility index (Phi) is 6.53. The van der Waals surface area contributed by atoms with E-state index in [0.29, 0.717) is 6.54 Å². The summed E-state index contributed by atoms with van der Waals surface area (Å²) < 4.78 is 5.86. The van der Waals surface area contributed by atoms with Crippen LogP contribution in [0, 0.1) is 5.92 Å². The van der Waals surface area contributed by atoms with Crippen molar-refractivity contribution in [3.05, 3.63) is 107 Å². The van der Waals surface area contributed by atoms with Gasteiger partial charge in [-0.1, -0.05) is 85.3 Å². The van der Waals surface area contributed by atoms with Crippen molar-refractivity contribution in [1.29, 1.82) is 0 Å². The number of hydrogen-bond donors (Lipinski definition) is 1. The van der Waals surface area contributed by atoms with Crippen LogP contribution in [0.5, 0.6) is 0 Å². The smallest absolute Gasteiger partial charge is 0.307 e. The molecule has 4 rings (SSSR count). The molecule has 0 fully saturated rings. The second-order valence-corrected chi connectivity index (χ2v) is 9.34. The van der Waals surface area contributed by atoms with Crippen LogP contribution >= 0.6 is 0 Å². The van der Waals surface area contributed by atoms with E-state index in [1.165, 1.54) is 34.4 Å². The minimum atomic E-state index is -0.473. The van der Waals surface area contributed by atoms with E-state index in [0.717, 1.165) is 11.3 Å². The standard InChI is InChI=1S/C30H33NO2/c1-20-17-21(2)30(5,28(18-20)33-23(4)32)29-26(16-15-25-13-9-10-14-27(25)29)19-31-22(3)24-11-7-6-8-12-24/h6-18,21-22,31H,19H2,1-5H3/t21-,22?,30?/m0/s1. The molecule has 0 aliphatic heterocycles. The zero-order valence-corrected chi connectivity index (χ0v) is 20.2. The van der Waals surface area contributed by atoms with Crippen LogP contribution in [0.4, 0.5) is 0 Å². The lowest BCUT2D eigenvalue weighted by Gasteiger charge is -2.41. The highest BCUT2D eigenvalue weighted by atomic mass is 16.5. The maximum atomic E-state index is 12.1. The van der Waals surface area contributed by atoms with Gasteiger partial charge in [-0.05, 0) is 60.2 Å². The first-order valence-corrected chi connectivity index (χ1v) is 11.7. The zero-order valence-electron chi connectivity index (χ0n) is 20.2. The third-order valence-corrected chi connectivity index (χ3v) is 6.98. The van der Waals surface area contributed by atoms with Crippen LogP contribution < -0.4 is 5.32 Å². The topological polar surface area (TPSA) is 38.3 Å². The molecule has 3 nitrogen and oxygen atoms in total. The molecule has 0 heterocycles. The largest absolute Gasteiger partial charge is 0.430 e. The summed E-state index contributed by atoms with van der Waals surface area (Å²) in [5, 5.41) is 6.10. The van der Waals surface area contributed by atoms with Crippen molar-refractivity contribution in [1.82, 2.24) is 5.32 Å². The van der Waals surface area contributed by atoms with Crippen LogP contribution in [0.3, 0.4) is 0 Å². The monoisotopic (exact) mass is 439 g/mol. The first kappa shape index (κ1) is 23.0. The summed E-state index contributed by atoms with van der Waals surface area (Å²) in [6, 6.07) is 23.6. The molecule has 0 amide bonds. The van der Waals surface area contributed by atoms with E-state index in [1.54, 1.807) is 0 Å². The highest BCUT2D eigenvalue weighted by Crippen LogP contribution is 2.47. The summed E-state index contributed by atoms with van der Waals surface area (Å²) in [6.07, 6.45) is 4.30. The van der Waals surface area contributed by atoms with Gasteiger partial charge in [-0.15, -0.1) is 0 Å². The van der Waals surface area contributed by atoms with Gasteiger partial charge in [0.15, 0.2) is 0 Å². The maximum absolute atomic E-state index is 12.1. The lowest BCUT2D eigenvalue weighted by molar-refractivity contribution is -0.138. The fourth-order valence-electron chi connectivity index (χ4n) is 5.03. The number of nitrogens with one attached hydrogen (secondary N) is 1. The molecule has 0 bridgehead atoms. The van der Waals surface area contributed by atoms with E-state index >= 15 is 0 Å². The summed E-state index contributed by atoms with van der Waals surface area (Å²) in [5.74, 6) is 0.594. The first-order chi connectivity index (χ1) is 15.8. The first-order valence-electron chi connectivity index (χ1n) is 11.7. The average molecular weight is 440 g/mol. The molecule has 0 saturated heterocycles. The molecule has 1 aliphatic rings. The van der Waals surface area contributed by atoms with Crippen molar-refractivity contribution in [3.8, 4) is 0 Å². The summed E-state index contributed by atoms with van der Waals surface area (Å²) in [5.41, 5.74) is 4.35. The van der Waals surface area contributed by atoms with Gasteiger partial charge in [0.05, 0.1) is 5.41 Å². The molecule has 1 aliphatic carbocycles. The third kappa shape index (κ3) is 4.51. The van der Waals surface area contributed by atoms with Crippen LogP contribution in [0.2, 0.25) is 0 Å². The SMILES string of the molecule is CC(=O)OC1=CC(C)=C[C@H](C)C1(C)c1c(CNC(C)c2ccccc2)ccc2ccccc12. The second kappa shape index (κ2) is 9.36. The molecule has 1 N–H and O–H groups in total. The predicted molar refractivity (Wildman–Crippen MR) is 136 cm³/mol. The number of carbonyl (C=O) groups is 1. The van der Waals surface area contributed by atoms with Crippen molar-refractivity contribution in [2.45, 2.75) is 52.6 Å². The van der Waals surface area contributed by atoms with Gasteiger partial charge < -0.3 is 10.1 Å². The number of ether oxygens (including phenoxy) is 1. The zero-order chi connectivity index (χ0) is 23.6. The summed E-state index contributed by atoms with van der Waals surface area (Å²) >= 11 is 0. The fourth-order valence-corrected chi connectivity index (χ4v) is 5.03. The number of fused-ring (bicyclic) bond motifs is 1. The van der Waals surface area contributed by atoms with Gasteiger partial charge in [0.1, 0.15) is 5.76 Å². The van der Waals surface area contributed by atoms with Crippen LogP contribution in [0.15, 0.2) is 90.2 Å². The van der Waals surface area contributed by atoms with Gasteiger partial charge in [0.2, 0.25) is 0 Å². The summed E-state index contributed by atoms with van der Waals surface area (Å²) in [7, 11) is 0. The van der Waals surface area contributed by atoms with E-state index in [4.69, 9.17) is 4.74 Å². The van der Waals surface area contributed by atoms with E-state index < -0.39 is 5.41 Å². The molecule has 3 heteroatoms. The maximum Gasteiger partial charge on any atom is 0.307 e. The van der Waals surface area contributed by atoms with E-state index in [1.807, 2.05) is 12.1 Å². The van der Waals surface area contributed by atoms with Gasteiger partial charge in [-0.2, -0.15) is 0 Å². The molecule has 2 unspecified atom stereocenters. The normalized spacial score (nSPS) is 21.3. The molecule has 170 valence electrons. The number of benzene rings is 3. The van der Waals surface area contributed by atoms with Crippen LogP contribution in [0.1, 0.15) is 57.4 Å². The second-order valence-electron chi connectivity index (χ2n) is 9.34. The van der Waals surface area contributed by atoms with Gasteiger partial charge in [0.25, 0.3) is 0 Å². The van der Waals surface area contributed by atoms with Gasteiger partial charge in [-0.3, -0.25) is 4.79 Å². The Balaban J connectivity index is 1.83. The fraction of sp³-hybridized carbons (Fsp3) is 0.300. The predicted octanol–water partition coefficient (Wildman–Crippen LogP) is 6.99. The Morgan fingerprint density at radius 2 is 1.76 bits per heavy atom. The Morgan fingerprint density at radius 1 is 1.06 bits per heavy atom. The summed E-state index contributed by atoms with van der Waals surface area (Å²) in [4.78, 5) is 12.1. The molecule has 3 aromatic carbocycles. The van der Waals surface area contributed by atoms with Crippen molar-refractivity contribution in [2.24, 2.45) is 5.92 Å². The molecule has 0 spiro atoms. The van der Waals surface area contributed by atoms with E-state index in [9.17, 15) is 4.79 Å². The van der Waals surface area contributed by atoms with Crippen molar-refractivity contribution < 1.29 is 9.53 Å². The van der Waals surface area contributed by atoms with Crippen molar-refractivity contribution >= 4 is 16.7 Å². The number of rotatable bonds is 6. The van der Waals surface area contributed by atoms with Crippen LogP contribution in [-0.4, -0.2) is 5.97 Å². The molecule has 33 heavy (non-hydrogen) atoms. The minimum Gasteiger partial charge on any atom is -0.430 e. The van der Waals surface area contributed by atoms with Crippen LogP contribution in [0.25, 0.3) is 10.8 Å². The molecule has 0 saturated carbocycles. The molecule has 3 aromatic rings. The van der Waals surface area contributed by atoms with E-state index in [-0.39, 0.29) is 17.9 Å².